The van der Waals surface area contributed by atoms with E-state index in [2.05, 4.69) is 6.07 Å². The van der Waals surface area contributed by atoms with Gasteiger partial charge in [0.05, 0.1) is 13.2 Å². The van der Waals surface area contributed by atoms with Crippen LogP contribution in [0.3, 0.4) is 0 Å². The zero-order valence-electron chi connectivity index (χ0n) is 9.65. The molecule has 0 fully saturated rings. The topological polar surface area (TPSA) is 55.8 Å². The Balaban J connectivity index is 1.86. The van der Waals surface area contributed by atoms with Crippen molar-refractivity contribution in [3.63, 3.8) is 0 Å². The second kappa shape index (κ2) is 5.68. The maximum atomic E-state index is 10.3. The molecule has 92 valence electrons. The quantitative estimate of drug-likeness (QED) is 0.790. The standard InChI is InChI=1S/C13H16O4/c14-13(15)9-16-7-5-10-3-4-12-11(8-10)2-1-6-17-12/h3-4,8H,1-2,5-7,9H2,(H,14,15). The van der Waals surface area contributed by atoms with Crippen molar-refractivity contribution >= 4 is 5.97 Å². The zero-order chi connectivity index (χ0) is 12.1. The number of rotatable bonds is 5. The summed E-state index contributed by atoms with van der Waals surface area (Å²) < 4.78 is 10.5. The van der Waals surface area contributed by atoms with Gasteiger partial charge in [-0.3, -0.25) is 0 Å². The van der Waals surface area contributed by atoms with E-state index in [0.29, 0.717) is 6.61 Å². The second-order valence-electron chi connectivity index (χ2n) is 4.09. The first-order valence-corrected chi connectivity index (χ1v) is 5.80. The van der Waals surface area contributed by atoms with Crippen LogP contribution in [0.1, 0.15) is 17.5 Å². The van der Waals surface area contributed by atoms with Crippen LogP contribution in [0.25, 0.3) is 0 Å². The van der Waals surface area contributed by atoms with Crippen LogP contribution in [-0.2, 0) is 22.4 Å². The molecule has 17 heavy (non-hydrogen) atoms. The van der Waals surface area contributed by atoms with Crippen LogP contribution >= 0.6 is 0 Å². The molecule has 0 amide bonds. The smallest absolute Gasteiger partial charge is 0.329 e. The summed E-state index contributed by atoms with van der Waals surface area (Å²) in [6.07, 6.45) is 2.85. The van der Waals surface area contributed by atoms with E-state index in [-0.39, 0.29) is 6.61 Å². The summed E-state index contributed by atoms with van der Waals surface area (Å²) in [4.78, 5) is 10.3. The van der Waals surface area contributed by atoms with Crippen molar-refractivity contribution in [1.29, 1.82) is 0 Å². The molecule has 0 saturated heterocycles. The minimum Gasteiger partial charge on any atom is -0.493 e. The Morgan fingerprint density at radius 2 is 2.35 bits per heavy atom. The van der Waals surface area contributed by atoms with Gasteiger partial charge in [0.2, 0.25) is 0 Å². The van der Waals surface area contributed by atoms with E-state index in [4.69, 9.17) is 14.6 Å². The van der Waals surface area contributed by atoms with Crippen molar-refractivity contribution in [3.05, 3.63) is 29.3 Å². The Labute approximate surface area is 100 Å². The Morgan fingerprint density at radius 1 is 1.47 bits per heavy atom. The van der Waals surface area contributed by atoms with Gasteiger partial charge in [-0.2, -0.15) is 0 Å². The van der Waals surface area contributed by atoms with Gasteiger partial charge in [0.15, 0.2) is 0 Å². The maximum absolute atomic E-state index is 10.3. The highest BCUT2D eigenvalue weighted by Crippen LogP contribution is 2.25. The first kappa shape index (κ1) is 11.9. The number of ether oxygens (including phenoxy) is 2. The van der Waals surface area contributed by atoms with E-state index in [1.807, 2.05) is 12.1 Å². The molecular formula is C13H16O4. The first-order chi connectivity index (χ1) is 8.25. The van der Waals surface area contributed by atoms with Crippen LogP contribution in [0.4, 0.5) is 0 Å². The monoisotopic (exact) mass is 236 g/mol. The molecular weight excluding hydrogens is 220 g/mol. The number of hydrogen-bond acceptors (Lipinski definition) is 3. The van der Waals surface area contributed by atoms with Gasteiger partial charge in [0, 0.05) is 0 Å². The van der Waals surface area contributed by atoms with Crippen LogP contribution in [-0.4, -0.2) is 30.9 Å². The summed E-state index contributed by atoms with van der Waals surface area (Å²) >= 11 is 0. The normalized spacial score (nSPS) is 13.9. The van der Waals surface area contributed by atoms with Crippen LogP contribution < -0.4 is 4.74 Å². The predicted octanol–water partition coefficient (Wildman–Crippen LogP) is 1.66. The lowest BCUT2D eigenvalue weighted by Gasteiger charge is -2.17. The van der Waals surface area contributed by atoms with Crippen molar-refractivity contribution in [2.45, 2.75) is 19.3 Å². The van der Waals surface area contributed by atoms with Gasteiger partial charge in [0.1, 0.15) is 12.4 Å². The fraction of sp³-hybridized carbons (Fsp3) is 0.462. The molecule has 0 aromatic heterocycles. The summed E-state index contributed by atoms with van der Waals surface area (Å²) in [5.41, 5.74) is 2.41. The molecule has 0 spiro atoms. The first-order valence-electron chi connectivity index (χ1n) is 5.80. The number of aryl methyl sites for hydroxylation is 1. The van der Waals surface area contributed by atoms with Gasteiger partial charge >= 0.3 is 5.97 Å². The van der Waals surface area contributed by atoms with E-state index in [1.165, 1.54) is 11.1 Å². The fourth-order valence-electron chi connectivity index (χ4n) is 1.92. The number of aliphatic carboxylic acids is 1. The van der Waals surface area contributed by atoms with Crippen LogP contribution in [0.5, 0.6) is 5.75 Å². The summed E-state index contributed by atoms with van der Waals surface area (Å²) in [5.74, 6) is 0.0512. The number of hydrogen-bond donors (Lipinski definition) is 1. The average molecular weight is 236 g/mol. The molecule has 0 aliphatic carbocycles. The second-order valence-corrected chi connectivity index (χ2v) is 4.09. The fourth-order valence-corrected chi connectivity index (χ4v) is 1.92. The molecule has 0 bridgehead atoms. The third kappa shape index (κ3) is 3.46. The lowest BCUT2D eigenvalue weighted by Crippen LogP contribution is -2.10. The van der Waals surface area contributed by atoms with Gasteiger partial charge in [-0.1, -0.05) is 12.1 Å². The number of carboxylic acids is 1. The number of benzene rings is 1. The lowest BCUT2D eigenvalue weighted by atomic mass is 10.0. The van der Waals surface area contributed by atoms with Crippen LogP contribution in [0.2, 0.25) is 0 Å². The van der Waals surface area contributed by atoms with Crippen molar-refractivity contribution in [2.75, 3.05) is 19.8 Å². The molecule has 4 heteroatoms. The van der Waals surface area contributed by atoms with Crippen LogP contribution in [0, 0.1) is 0 Å². The Bertz CT molecular complexity index is 400. The van der Waals surface area contributed by atoms with E-state index < -0.39 is 5.97 Å². The van der Waals surface area contributed by atoms with Crippen molar-refractivity contribution in [2.24, 2.45) is 0 Å². The summed E-state index contributed by atoms with van der Waals surface area (Å²) in [6, 6.07) is 6.12. The van der Waals surface area contributed by atoms with Crippen molar-refractivity contribution in [3.8, 4) is 5.75 Å². The molecule has 2 rings (SSSR count). The minimum atomic E-state index is -0.927. The summed E-state index contributed by atoms with van der Waals surface area (Å²) in [5, 5.41) is 8.43. The Hall–Kier alpha value is -1.55. The Morgan fingerprint density at radius 3 is 3.18 bits per heavy atom. The molecule has 0 radical (unpaired) electrons. The average Bonchev–Trinajstić information content (AvgIpc) is 2.34. The molecule has 1 aliphatic heterocycles. The Kier molecular flexibility index (Phi) is 3.98. The predicted molar refractivity (Wildman–Crippen MR) is 62.4 cm³/mol. The third-order valence-corrected chi connectivity index (χ3v) is 2.73. The molecule has 1 aromatic rings. The van der Waals surface area contributed by atoms with E-state index >= 15 is 0 Å². The van der Waals surface area contributed by atoms with Crippen molar-refractivity contribution < 1.29 is 19.4 Å². The lowest BCUT2D eigenvalue weighted by molar-refractivity contribution is -0.142. The molecule has 1 aliphatic rings. The van der Waals surface area contributed by atoms with Gasteiger partial charge < -0.3 is 14.6 Å². The summed E-state index contributed by atoms with van der Waals surface area (Å²) in [6.45, 7) is 1.01. The van der Waals surface area contributed by atoms with Gasteiger partial charge in [-0.25, -0.2) is 4.79 Å². The molecule has 1 aromatic carbocycles. The molecule has 1 heterocycles. The molecule has 0 atom stereocenters. The zero-order valence-corrected chi connectivity index (χ0v) is 9.65. The minimum absolute atomic E-state index is 0.228. The molecule has 4 nitrogen and oxygen atoms in total. The molecule has 0 unspecified atom stereocenters. The van der Waals surface area contributed by atoms with E-state index in [0.717, 1.165) is 31.6 Å². The van der Waals surface area contributed by atoms with Gasteiger partial charge in [-0.05, 0) is 36.5 Å². The highest BCUT2D eigenvalue weighted by Gasteiger charge is 2.10. The molecule has 0 saturated carbocycles. The van der Waals surface area contributed by atoms with E-state index in [9.17, 15) is 4.79 Å². The van der Waals surface area contributed by atoms with Crippen LogP contribution in [0.15, 0.2) is 18.2 Å². The van der Waals surface area contributed by atoms with Crippen molar-refractivity contribution in [1.82, 2.24) is 0 Å². The number of carbonyl (C=O) groups is 1. The SMILES string of the molecule is O=C(O)COCCc1ccc2c(c1)CCCO2. The number of carboxylic acid groups (broad SMARTS) is 1. The number of fused-ring (bicyclic) bond motifs is 1. The van der Waals surface area contributed by atoms with Gasteiger partial charge in [0.25, 0.3) is 0 Å². The largest absolute Gasteiger partial charge is 0.493 e. The maximum Gasteiger partial charge on any atom is 0.329 e. The summed E-state index contributed by atoms with van der Waals surface area (Å²) in [7, 11) is 0. The van der Waals surface area contributed by atoms with Gasteiger partial charge in [-0.15, -0.1) is 0 Å². The highest BCUT2D eigenvalue weighted by atomic mass is 16.5. The molecule has 1 N–H and O–H groups in total. The highest BCUT2D eigenvalue weighted by molar-refractivity contribution is 5.67. The third-order valence-electron chi connectivity index (χ3n) is 2.73. The van der Waals surface area contributed by atoms with E-state index in [1.54, 1.807) is 0 Å².